The van der Waals surface area contributed by atoms with E-state index in [1.165, 1.54) is 0 Å². The summed E-state index contributed by atoms with van der Waals surface area (Å²) in [6.07, 6.45) is 1.77. The van der Waals surface area contributed by atoms with Crippen LogP contribution < -0.4 is 16.0 Å². The lowest BCUT2D eigenvalue weighted by molar-refractivity contribution is 0.195. The molecular formula is C12H19N5O. The van der Waals surface area contributed by atoms with Crippen LogP contribution in [-0.2, 0) is 0 Å². The molecule has 6 heteroatoms. The molecule has 2 rings (SSSR count). The Morgan fingerprint density at radius 2 is 2.11 bits per heavy atom. The second kappa shape index (κ2) is 5.57. The first-order chi connectivity index (χ1) is 8.70. The van der Waals surface area contributed by atoms with Crippen LogP contribution in [0.4, 0.5) is 16.3 Å². The van der Waals surface area contributed by atoms with E-state index in [1.54, 1.807) is 12.3 Å². The highest BCUT2D eigenvalue weighted by Crippen LogP contribution is 2.16. The fraction of sp³-hybridized carbons (Fsp3) is 0.500. The summed E-state index contributed by atoms with van der Waals surface area (Å²) in [5.74, 6) is 0.528. The molecule has 1 aromatic rings. The van der Waals surface area contributed by atoms with Crippen LogP contribution in [0.25, 0.3) is 0 Å². The average molecular weight is 249 g/mol. The van der Waals surface area contributed by atoms with Crippen molar-refractivity contribution in [1.29, 1.82) is 0 Å². The van der Waals surface area contributed by atoms with Gasteiger partial charge in [0.2, 0.25) is 0 Å². The largest absolute Gasteiger partial charge is 0.384 e. The van der Waals surface area contributed by atoms with E-state index in [-0.39, 0.29) is 6.03 Å². The van der Waals surface area contributed by atoms with E-state index in [4.69, 9.17) is 5.73 Å². The number of pyridine rings is 1. The molecule has 6 nitrogen and oxygen atoms in total. The maximum absolute atomic E-state index is 11.7. The Labute approximate surface area is 107 Å². The molecule has 0 atom stereocenters. The maximum atomic E-state index is 11.7. The Morgan fingerprint density at radius 3 is 2.67 bits per heavy atom. The molecule has 0 saturated carbocycles. The zero-order valence-electron chi connectivity index (χ0n) is 10.6. The van der Waals surface area contributed by atoms with Gasteiger partial charge in [0.15, 0.2) is 0 Å². The summed E-state index contributed by atoms with van der Waals surface area (Å²) >= 11 is 0. The number of hydrogen-bond acceptors (Lipinski definition) is 4. The fourth-order valence-corrected chi connectivity index (χ4v) is 2.02. The van der Waals surface area contributed by atoms with Gasteiger partial charge in [0.25, 0.3) is 0 Å². The number of aromatic nitrogens is 1. The Morgan fingerprint density at radius 1 is 1.39 bits per heavy atom. The zero-order valence-corrected chi connectivity index (χ0v) is 10.6. The van der Waals surface area contributed by atoms with Crippen molar-refractivity contribution in [3.63, 3.8) is 0 Å². The molecule has 0 bridgehead atoms. The van der Waals surface area contributed by atoms with E-state index >= 15 is 0 Å². The molecule has 0 aromatic carbocycles. The third-order valence-electron chi connectivity index (χ3n) is 3.03. The number of hydrogen-bond donors (Lipinski definition) is 2. The van der Waals surface area contributed by atoms with Gasteiger partial charge in [0.05, 0.1) is 11.9 Å². The number of nitrogens with one attached hydrogen (secondary N) is 1. The van der Waals surface area contributed by atoms with Crippen molar-refractivity contribution in [2.45, 2.75) is 6.92 Å². The normalized spacial score (nSPS) is 15.6. The first-order valence-electron chi connectivity index (χ1n) is 6.20. The van der Waals surface area contributed by atoms with Gasteiger partial charge in [-0.25, -0.2) is 9.78 Å². The lowest BCUT2D eigenvalue weighted by Crippen LogP contribution is -2.51. The van der Waals surface area contributed by atoms with E-state index < -0.39 is 0 Å². The van der Waals surface area contributed by atoms with Gasteiger partial charge in [-0.05, 0) is 19.1 Å². The molecule has 0 spiro atoms. The van der Waals surface area contributed by atoms with Crippen LogP contribution >= 0.6 is 0 Å². The molecule has 0 radical (unpaired) electrons. The minimum absolute atomic E-state index is 0.0209. The van der Waals surface area contributed by atoms with Crippen molar-refractivity contribution in [3.05, 3.63) is 18.3 Å². The molecule has 1 aliphatic heterocycles. The standard InChI is InChI=1S/C12H19N5O/c1-2-14-12(18)17-7-5-16(6-8-17)10-3-4-11(13)15-9-10/h3-4,9H,2,5-8H2,1H3,(H2,13,15)(H,14,18). The number of carbonyl (C=O) groups is 1. The van der Waals surface area contributed by atoms with Gasteiger partial charge in [-0.3, -0.25) is 0 Å². The fourth-order valence-electron chi connectivity index (χ4n) is 2.02. The highest BCUT2D eigenvalue weighted by molar-refractivity contribution is 5.74. The summed E-state index contributed by atoms with van der Waals surface area (Å²) < 4.78 is 0. The molecule has 18 heavy (non-hydrogen) atoms. The Balaban J connectivity index is 1.90. The van der Waals surface area contributed by atoms with Crippen LogP contribution in [0, 0.1) is 0 Å². The lowest BCUT2D eigenvalue weighted by Gasteiger charge is -2.35. The lowest BCUT2D eigenvalue weighted by atomic mass is 10.3. The van der Waals surface area contributed by atoms with Crippen molar-refractivity contribution in [2.75, 3.05) is 43.4 Å². The van der Waals surface area contributed by atoms with Crippen molar-refractivity contribution in [1.82, 2.24) is 15.2 Å². The molecule has 1 fully saturated rings. The summed E-state index contributed by atoms with van der Waals surface area (Å²) in [4.78, 5) is 19.8. The maximum Gasteiger partial charge on any atom is 0.317 e. The van der Waals surface area contributed by atoms with Gasteiger partial charge in [0.1, 0.15) is 5.82 Å². The van der Waals surface area contributed by atoms with Gasteiger partial charge >= 0.3 is 6.03 Å². The number of nitrogens with two attached hydrogens (primary N) is 1. The summed E-state index contributed by atoms with van der Waals surface area (Å²) in [5, 5.41) is 2.82. The number of amides is 2. The molecule has 0 unspecified atom stereocenters. The van der Waals surface area contributed by atoms with Crippen LogP contribution in [0.3, 0.4) is 0 Å². The number of rotatable bonds is 2. The average Bonchev–Trinajstić information content (AvgIpc) is 2.40. The van der Waals surface area contributed by atoms with E-state index in [2.05, 4.69) is 15.2 Å². The second-order valence-corrected chi connectivity index (χ2v) is 4.25. The summed E-state index contributed by atoms with van der Waals surface area (Å²) in [7, 11) is 0. The molecule has 1 saturated heterocycles. The SMILES string of the molecule is CCNC(=O)N1CCN(c2ccc(N)nc2)CC1. The smallest absolute Gasteiger partial charge is 0.317 e. The third-order valence-corrected chi connectivity index (χ3v) is 3.03. The first-order valence-corrected chi connectivity index (χ1v) is 6.20. The summed E-state index contributed by atoms with van der Waals surface area (Å²) in [6, 6.07) is 3.78. The molecule has 98 valence electrons. The Kier molecular flexibility index (Phi) is 3.86. The van der Waals surface area contributed by atoms with Gasteiger partial charge in [-0.15, -0.1) is 0 Å². The molecule has 0 aliphatic carbocycles. The second-order valence-electron chi connectivity index (χ2n) is 4.25. The van der Waals surface area contributed by atoms with E-state index in [9.17, 15) is 4.79 Å². The van der Waals surface area contributed by atoms with Gasteiger partial charge in [-0.2, -0.15) is 0 Å². The van der Waals surface area contributed by atoms with Crippen LogP contribution in [0.5, 0.6) is 0 Å². The van der Waals surface area contributed by atoms with Gasteiger partial charge in [-0.1, -0.05) is 0 Å². The number of nitrogens with zero attached hydrogens (tertiary/aromatic N) is 3. The molecule has 2 amide bonds. The minimum Gasteiger partial charge on any atom is -0.384 e. The molecule has 3 N–H and O–H groups in total. The van der Waals surface area contributed by atoms with E-state index in [0.29, 0.717) is 12.4 Å². The number of nitrogen functional groups attached to an aromatic ring is 1. The molecule has 2 heterocycles. The van der Waals surface area contributed by atoms with Crippen LogP contribution in [0.15, 0.2) is 18.3 Å². The highest BCUT2D eigenvalue weighted by atomic mass is 16.2. The van der Waals surface area contributed by atoms with Crippen LogP contribution in [-0.4, -0.2) is 48.6 Å². The quantitative estimate of drug-likeness (QED) is 0.801. The van der Waals surface area contributed by atoms with Crippen molar-refractivity contribution in [3.8, 4) is 0 Å². The zero-order chi connectivity index (χ0) is 13.0. The Hall–Kier alpha value is -1.98. The number of piperazine rings is 1. The van der Waals surface area contributed by atoms with Crippen molar-refractivity contribution < 1.29 is 4.79 Å². The van der Waals surface area contributed by atoms with E-state index in [0.717, 1.165) is 31.9 Å². The third kappa shape index (κ3) is 2.82. The minimum atomic E-state index is 0.0209. The summed E-state index contributed by atoms with van der Waals surface area (Å²) in [5.41, 5.74) is 6.62. The summed E-state index contributed by atoms with van der Waals surface area (Å²) in [6.45, 7) is 5.70. The number of urea groups is 1. The first kappa shape index (κ1) is 12.5. The van der Waals surface area contributed by atoms with Crippen LogP contribution in [0.1, 0.15) is 6.92 Å². The molecular weight excluding hydrogens is 230 g/mol. The van der Waals surface area contributed by atoms with Crippen molar-refractivity contribution >= 4 is 17.5 Å². The van der Waals surface area contributed by atoms with E-state index in [1.807, 2.05) is 17.9 Å². The predicted molar refractivity (Wildman–Crippen MR) is 71.5 cm³/mol. The number of carbonyl (C=O) groups excluding carboxylic acids is 1. The highest BCUT2D eigenvalue weighted by Gasteiger charge is 2.20. The monoisotopic (exact) mass is 249 g/mol. The Bertz CT molecular complexity index is 397. The van der Waals surface area contributed by atoms with Crippen LogP contribution in [0.2, 0.25) is 0 Å². The molecule has 1 aromatic heterocycles. The van der Waals surface area contributed by atoms with Crippen molar-refractivity contribution in [2.24, 2.45) is 0 Å². The van der Waals surface area contributed by atoms with Gasteiger partial charge in [0, 0.05) is 32.7 Å². The predicted octanol–water partition coefficient (Wildman–Crippen LogP) is 0.515. The van der Waals surface area contributed by atoms with Gasteiger partial charge < -0.3 is 20.9 Å². The topological polar surface area (TPSA) is 74.5 Å². The molecule has 1 aliphatic rings. The number of anilines is 2.